The third kappa shape index (κ3) is 3.30. The van der Waals surface area contributed by atoms with Crippen LogP contribution < -0.4 is 0 Å². The van der Waals surface area contributed by atoms with Crippen molar-refractivity contribution in [2.45, 2.75) is 13.3 Å². The first kappa shape index (κ1) is 13.2. The minimum Gasteiger partial charge on any atom is -0.466 e. The van der Waals surface area contributed by atoms with Gasteiger partial charge in [-0.1, -0.05) is 0 Å². The van der Waals surface area contributed by atoms with E-state index in [4.69, 9.17) is 0 Å². The Morgan fingerprint density at radius 2 is 1.71 bits per heavy atom. The van der Waals surface area contributed by atoms with Crippen molar-refractivity contribution in [1.82, 2.24) is 0 Å². The monoisotopic (exact) mass is 246 g/mol. The molecule has 0 aromatic heterocycles. The molecule has 0 atom stereocenters. The lowest BCUT2D eigenvalue weighted by atomic mass is 10.1. The Kier molecular flexibility index (Phi) is 4.25. The van der Waals surface area contributed by atoms with E-state index >= 15 is 0 Å². The van der Waals surface area contributed by atoms with Gasteiger partial charge in [0.2, 0.25) is 0 Å². The molecule has 0 bridgehead atoms. The van der Waals surface area contributed by atoms with Crippen LogP contribution in [0.15, 0.2) is 12.1 Å². The number of rotatable bonds is 4. The molecule has 17 heavy (non-hydrogen) atoms. The molecule has 0 aliphatic heterocycles. The van der Waals surface area contributed by atoms with Crippen LogP contribution in [0.25, 0.3) is 0 Å². The average Bonchev–Trinajstić information content (AvgIpc) is 2.25. The molecule has 0 amide bonds. The van der Waals surface area contributed by atoms with Crippen LogP contribution in [-0.2, 0) is 9.53 Å². The van der Waals surface area contributed by atoms with Gasteiger partial charge in [0, 0.05) is 5.56 Å². The van der Waals surface area contributed by atoms with Gasteiger partial charge in [-0.15, -0.1) is 0 Å². The predicted octanol–water partition coefficient (Wildman–Crippen LogP) is 2.24. The van der Waals surface area contributed by atoms with Crippen LogP contribution in [0.4, 0.5) is 13.2 Å². The van der Waals surface area contributed by atoms with Gasteiger partial charge in [0.1, 0.15) is 6.42 Å². The first-order valence-electron chi connectivity index (χ1n) is 4.79. The normalized spacial score (nSPS) is 10.1. The van der Waals surface area contributed by atoms with E-state index in [1.807, 2.05) is 0 Å². The van der Waals surface area contributed by atoms with Crippen molar-refractivity contribution in [3.63, 3.8) is 0 Å². The molecule has 0 fully saturated rings. The zero-order valence-corrected chi connectivity index (χ0v) is 8.93. The van der Waals surface area contributed by atoms with Gasteiger partial charge in [0.25, 0.3) is 0 Å². The maximum Gasteiger partial charge on any atom is 0.313 e. The highest BCUT2D eigenvalue weighted by atomic mass is 19.2. The van der Waals surface area contributed by atoms with Crippen molar-refractivity contribution < 1.29 is 27.5 Å². The number of carbonyl (C=O) groups is 2. The Morgan fingerprint density at radius 3 is 2.18 bits per heavy atom. The van der Waals surface area contributed by atoms with Crippen LogP contribution in [0.5, 0.6) is 0 Å². The van der Waals surface area contributed by atoms with Gasteiger partial charge < -0.3 is 4.74 Å². The SMILES string of the molecule is CCOC(=O)CC(=O)c1cc(F)c(F)c(F)c1. The maximum absolute atomic E-state index is 12.8. The van der Waals surface area contributed by atoms with E-state index in [-0.39, 0.29) is 6.61 Å². The van der Waals surface area contributed by atoms with Gasteiger partial charge in [0.15, 0.2) is 23.2 Å². The Morgan fingerprint density at radius 1 is 1.18 bits per heavy atom. The fourth-order valence-electron chi connectivity index (χ4n) is 1.16. The summed E-state index contributed by atoms with van der Waals surface area (Å²) in [5.41, 5.74) is -0.408. The summed E-state index contributed by atoms with van der Waals surface area (Å²) in [4.78, 5) is 22.3. The molecule has 0 unspecified atom stereocenters. The fraction of sp³-hybridized carbons (Fsp3) is 0.273. The van der Waals surface area contributed by atoms with E-state index in [0.717, 1.165) is 0 Å². The quantitative estimate of drug-likeness (QED) is 0.354. The Bertz CT molecular complexity index is 434. The number of halogens is 3. The van der Waals surface area contributed by atoms with Crippen molar-refractivity contribution in [1.29, 1.82) is 0 Å². The molecule has 1 aromatic carbocycles. The van der Waals surface area contributed by atoms with Crippen molar-refractivity contribution in [2.24, 2.45) is 0 Å². The highest BCUT2D eigenvalue weighted by Gasteiger charge is 2.17. The van der Waals surface area contributed by atoms with Gasteiger partial charge in [-0.3, -0.25) is 9.59 Å². The second-order valence-corrected chi connectivity index (χ2v) is 3.16. The second-order valence-electron chi connectivity index (χ2n) is 3.16. The number of hydrogen-bond donors (Lipinski definition) is 0. The number of ether oxygens (including phenoxy) is 1. The average molecular weight is 246 g/mol. The van der Waals surface area contributed by atoms with Crippen LogP contribution in [-0.4, -0.2) is 18.4 Å². The standard InChI is InChI=1S/C11H9F3O3/c1-2-17-10(16)5-9(15)6-3-7(12)11(14)8(13)4-6/h3-4H,2,5H2,1H3. The predicted molar refractivity (Wildman–Crippen MR) is 51.9 cm³/mol. The molecule has 0 spiro atoms. The molecule has 0 heterocycles. The maximum atomic E-state index is 12.8. The molecule has 0 N–H and O–H groups in total. The summed E-state index contributed by atoms with van der Waals surface area (Å²) in [6, 6.07) is 1.08. The summed E-state index contributed by atoms with van der Waals surface area (Å²) < 4.78 is 42.7. The molecule has 0 aliphatic rings. The number of carbonyl (C=O) groups excluding carboxylic acids is 2. The second kappa shape index (κ2) is 5.47. The van der Waals surface area contributed by atoms with Crippen LogP contribution in [0.2, 0.25) is 0 Å². The van der Waals surface area contributed by atoms with Crippen LogP contribution in [0.1, 0.15) is 23.7 Å². The molecule has 0 radical (unpaired) electrons. The largest absolute Gasteiger partial charge is 0.466 e. The molecule has 1 rings (SSSR count). The highest BCUT2D eigenvalue weighted by Crippen LogP contribution is 2.15. The van der Waals surface area contributed by atoms with Crippen LogP contribution in [0, 0.1) is 17.5 Å². The summed E-state index contributed by atoms with van der Waals surface area (Å²) >= 11 is 0. The minimum absolute atomic E-state index is 0.0955. The van der Waals surface area contributed by atoms with Crippen LogP contribution in [0.3, 0.4) is 0 Å². The first-order valence-corrected chi connectivity index (χ1v) is 4.79. The molecule has 0 saturated carbocycles. The summed E-state index contributed by atoms with van der Waals surface area (Å²) in [6.07, 6.45) is -0.641. The minimum atomic E-state index is -1.65. The number of benzene rings is 1. The number of hydrogen-bond acceptors (Lipinski definition) is 3. The van der Waals surface area contributed by atoms with Crippen molar-refractivity contribution >= 4 is 11.8 Å². The topological polar surface area (TPSA) is 43.4 Å². The molecule has 1 aromatic rings. The lowest BCUT2D eigenvalue weighted by Crippen LogP contribution is -2.12. The van der Waals surface area contributed by atoms with E-state index in [1.165, 1.54) is 0 Å². The van der Waals surface area contributed by atoms with E-state index in [1.54, 1.807) is 6.92 Å². The summed E-state index contributed by atoms with van der Waals surface area (Å²) in [6.45, 7) is 1.65. The first-order chi connectivity index (χ1) is 7.95. The summed E-state index contributed by atoms with van der Waals surface area (Å²) in [5, 5.41) is 0. The molecule has 92 valence electrons. The van der Waals surface area contributed by atoms with E-state index in [0.29, 0.717) is 12.1 Å². The van der Waals surface area contributed by atoms with Gasteiger partial charge in [-0.2, -0.15) is 0 Å². The van der Waals surface area contributed by atoms with Crippen molar-refractivity contribution in [3.05, 3.63) is 35.1 Å². The van der Waals surface area contributed by atoms with E-state index in [9.17, 15) is 22.8 Å². The van der Waals surface area contributed by atoms with E-state index < -0.39 is 41.2 Å². The molecule has 3 nitrogen and oxygen atoms in total. The lowest BCUT2D eigenvalue weighted by Gasteiger charge is -2.03. The molecule has 0 saturated heterocycles. The third-order valence-corrected chi connectivity index (χ3v) is 1.92. The Labute approximate surface area is 95.2 Å². The van der Waals surface area contributed by atoms with E-state index in [2.05, 4.69) is 4.74 Å². The zero-order valence-electron chi connectivity index (χ0n) is 8.93. The summed E-state index contributed by atoms with van der Waals surface area (Å²) in [5.74, 6) is -6.24. The zero-order chi connectivity index (χ0) is 13.0. The van der Waals surface area contributed by atoms with Crippen molar-refractivity contribution in [2.75, 3.05) is 6.61 Å². The molecular weight excluding hydrogens is 237 g/mol. The highest BCUT2D eigenvalue weighted by molar-refractivity contribution is 6.05. The number of Topliss-reactive ketones (excluding diaryl/α,β-unsaturated/α-hetero) is 1. The third-order valence-electron chi connectivity index (χ3n) is 1.92. The molecule has 0 aliphatic carbocycles. The van der Waals surface area contributed by atoms with Gasteiger partial charge in [-0.25, -0.2) is 13.2 Å². The Hall–Kier alpha value is -1.85. The van der Waals surface area contributed by atoms with Crippen molar-refractivity contribution in [3.8, 4) is 0 Å². The number of ketones is 1. The smallest absolute Gasteiger partial charge is 0.313 e. The summed E-state index contributed by atoms with van der Waals surface area (Å²) in [7, 11) is 0. The lowest BCUT2D eigenvalue weighted by molar-refractivity contribution is -0.141. The molecule has 6 heteroatoms. The molecular formula is C11H9F3O3. The van der Waals surface area contributed by atoms with Gasteiger partial charge >= 0.3 is 5.97 Å². The van der Waals surface area contributed by atoms with Gasteiger partial charge in [0.05, 0.1) is 6.61 Å². The van der Waals surface area contributed by atoms with Crippen LogP contribution >= 0.6 is 0 Å². The number of esters is 1. The fourth-order valence-corrected chi connectivity index (χ4v) is 1.16. The Balaban J connectivity index is 2.86. The van der Waals surface area contributed by atoms with Gasteiger partial charge in [-0.05, 0) is 19.1 Å².